The number of nitrogens with two attached hydrogens (primary N) is 1. The molecule has 0 unspecified atom stereocenters. The molecule has 0 spiro atoms. The number of nitrogens with zero attached hydrogens (tertiary/aromatic N) is 4. The van der Waals surface area contributed by atoms with Crippen LogP contribution in [0.1, 0.15) is 10.4 Å². The van der Waals surface area contributed by atoms with E-state index in [0.29, 0.717) is 34.2 Å². The van der Waals surface area contributed by atoms with Crippen LogP contribution in [0.3, 0.4) is 0 Å². The Morgan fingerprint density at radius 2 is 1.53 bits per heavy atom. The van der Waals surface area contributed by atoms with Crippen molar-refractivity contribution in [1.82, 2.24) is 0 Å². The van der Waals surface area contributed by atoms with Crippen molar-refractivity contribution in [2.24, 2.45) is 20.5 Å². The molecule has 0 bridgehead atoms. The molecule has 0 heterocycles. The van der Waals surface area contributed by atoms with E-state index in [-0.39, 0.29) is 133 Å². The average Bonchev–Trinajstić information content (AvgIpc) is 2.98. The predicted octanol–water partition coefficient (Wildman–Crippen LogP) is -6.30. The van der Waals surface area contributed by atoms with Gasteiger partial charge in [0, 0.05) is 23.2 Å². The van der Waals surface area contributed by atoms with E-state index in [2.05, 4.69) is 29.8 Å². The van der Waals surface area contributed by atoms with Crippen LogP contribution in [0.5, 0.6) is 17.2 Å². The van der Waals surface area contributed by atoms with Crippen LogP contribution < -0.4 is 119 Å². The Morgan fingerprint density at radius 3 is 2.16 bits per heavy atom. The molecule has 4 rings (SSSR count). The Balaban J connectivity index is 0.00000337. The van der Waals surface area contributed by atoms with Gasteiger partial charge in [0.1, 0.15) is 35.2 Å². The minimum atomic E-state index is -1.52. The zero-order valence-electron chi connectivity index (χ0n) is 24.4. The number of hydrogen-bond acceptors (Lipinski definition) is 16. The predicted molar refractivity (Wildman–Crippen MR) is 141 cm³/mol. The standard InChI is InChI=1S/C26H21N5O10S.3Na/c1-38-20-10-19(30-31-24-22(42-41-40-37)8-14-2-5-15(27)9-17(14)25(24)34)21(39-12-23(32)33)11-18(20)29-28-16-6-3-13(4-7-16)26(35)36;;;/h2-11,34,37H,12,27H2,1H3,(H,32,33)(H,35,36);;;/q;3*+1/p-3. The third-order valence-electron chi connectivity index (χ3n) is 5.47. The summed E-state index contributed by atoms with van der Waals surface area (Å²) in [4.78, 5) is 22.2. The maximum Gasteiger partial charge on any atom is 1.00 e. The van der Waals surface area contributed by atoms with Gasteiger partial charge in [0.25, 0.3) is 0 Å². The van der Waals surface area contributed by atoms with Crippen LogP contribution in [0.25, 0.3) is 10.8 Å². The number of azo groups is 2. The number of hydrogen-bond donors (Lipinski definition) is 2. The second-order valence-corrected chi connectivity index (χ2v) is 8.90. The van der Waals surface area contributed by atoms with Gasteiger partial charge in [-0.15, -0.1) is 15.3 Å². The number of aliphatic carboxylic acids is 1. The molecular formula is C26H18N5Na3O10S. The Labute approximate surface area is 325 Å². The summed E-state index contributed by atoms with van der Waals surface area (Å²) in [5.41, 5.74) is 6.37. The fourth-order valence-corrected chi connectivity index (χ4v) is 4.05. The average molecular weight is 661 g/mol. The monoisotopic (exact) mass is 661 g/mol. The Kier molecular flexibility index (Phi) is 17.6. The number of benzene rings is 4. The van der Waals surface area contributed by atoms with Crippen LogP contribution in [0.4, 0.5) is 28.4 Å². The molecule has 0 saturated carbocycles. The van der Waals surface area contributed by atoms with Crippen molar-refractivity contribution < 1.29 is 138 Å². The molecule has 4 aromatic carbocycles. The van der Waals surface area contributed by atoms with Gasteiger partial charge in [0.05, 0.1) is 41.7 Å². The van der Waals surface area contributed by atoms with Crippen molar-refractivity contribution in [1.29, 1.82) is 0 Å². The van der Waals surface area contributed by atoms with Crippen molar-refractivity contribution in [2.45, 2.75) is 4.90 Å². The van der Waals surface area contributed by atoms with E-state index >= 15 is 0 Å². The molecule has 0 aliphatic carbocycles. The van der Waals surface area contributed by atoms with Crippen LogP contribution in [0.2, 0.25) is 0 Å². The van der Waals surface area contributed by atoms with Crippen molar-refractivity contribution >= 4 is 63.2 Å². The van der Waals surface area contributed by atoms with Crippen LogP contribution in [0, 0.1) is 0 Å². The van der Waals surface area contributed by atoms with Gasteiger partial charge in [0.15, 0.2) is 5.75 Å². The number of aromatic carboxylic acids is 1. The van der Waals surface area contributed by atoms with Crippen LogP contribution >= 0.6 is 12.0 Å². The second-order valence-electron chi connectivity index (χ2n) is 8.16. The number of phenols is 1. The molecule has 4 aromatic rings. The summed E-state index contributed by atoms with van der Waals surface area (Å²) in [5, 5.41) is 64.0. The Morgan fingerprint density at radius 1 is 0.889 bits per heavy atom. The number of carboxylic acids is 2. The molecule has 0 amide bonds. The number of rotatable bonds is 12. The molecule has 15 nitrogen and oxygen atoms in total. The van der Waals surface area contributed by atoms with Gasteiger partial charge >= 0.3 is 88.7 Å². The number of carboxylic acid groups (broad SMARTS) is 2. The zero-order valence-corrected chi connectivity index (χ0v) is 31.2. The summed E-state index contributed by atoms with van der Waals surface area (Å²) >= 11 is 0.466. The third-order valence-corrected chi connectivity index (χ3v) is 6.08. The summed E-state index contributed by atoms with van der Waals surface area (Å²) < 4.78 is 15.1. The first-order valence-corrected chi connectivity index (χ1v) is 12.3. The van der Waals surface area contributed by atoms with E-state index in [1.165, 1.54) is 49.6 Å². The SMILES string of the molecule is COc1cc(N=Nc2c(SOO[O-])cc3ccc(N)cc3c2O)c(OCC(=O)[O-])cc1N=Nc1ccc(C(=O)[O-])cc1.[Na+].[Na+].[Na+]. The Bertz CT molecular complexity index is 1710. The topological polar surface area (TPSA) is 236 Å². The second kappa shape index (κ2) is 19.4. The van der Waals surface area contributed by atoms with E-state index < -0.39 is 18.5 Å². The molecule has 0 radical (unpaired) electrons. The molecule has 0 aliphatic heterocycles. The summed E-state index contributed by atoms with van der Waals surface area (Å²) in [6.45, 7) is -0.855. The van der Waals surface area contributed by atoms with Gasteiger partial charge in [0.2, 0.25) is 0 Å². The summed E-state index contributed by atoms with van der Waals surface area (Å²) in [7, 11) is 1.33. The normalized spacial score (nSPS) is 10.6. The molecular weight excluding hydrogens is 643 g/mol. The first-order chi connectivity index (χ1) is 20.2. The smallest absolute Gasteiger partial charge is 0.691 e. The number of aromatic hydroxyl groups is 1. The van der Waals surface area contributed by atoms with Crippen LogP contribution in [-0.2, 0) is 14.2 Å². The molecule has 3 N–H and O–H groups in total. The number of carbonyl (C=O) groups excluding carboxylic acids is 2. The van der Waals surface area contributed by atoms with Gasteiger partial charge in [-0.05, 0) is 41.3 Å². The van der Waals surface area contributed by atoms with E-state index in [1.807, 2.05) is 0 Å². The zero-order chi connectivity index (χ0) is 30.2. The molecule has 0 aliphatic rings. The third kappa shape index (κ3) is 10.9. The van der Waals surface area contributed by atoms with Gasteiger partial charge in [-0.25, -0.2) is 0 Å². The van der Waals surface area contributed by atoms with Gasteiger partial charge < -0.3 is 45.4 Å². The maximum atomic E-state index is 11.1. The molecule has 0 fully saturated rings. The van der Waals surface area contributed by atoms with E-state index in [9.17, 15) is 30.2 Å². The van der Waals surface area contributed by atoms with E-state index in [0.717, 1.165) is 0 Å². The number of carbonyl (C=O) groups is 2. The van der Waals surface area contributed by atoms with Gasteiger partial charge in [-0.3, -0.25) is 5.04 Å². The summed E-state index contributed by atoms with van der Waals surface area (Å²) in [6.07, 6.45) is 0. The Hall–Kier alpha value is -2.29. The number of ether oxygens (including phenoxy) is 2. The largest absolute Gasteiger partial charge is 1.00 e. The number of methoxy groups -OCH3 is 1. The molecule has 0 atom stereocenters. The van der Waals surface area contributed by atoms with Crippen LogP contribution in [-0.4, -0.2) is 30.8 Å². The van der Waals surface area contributed by atoms with Crippen molar-refractivity contribution in [3.8, 4) is 17.2 Å². The van der Waals surface area contributed by atoms with Gasteiger partial charge in [-0.2, -0.15) is 9.45 Å². The fraction of sp³-hybridized carbons (Fsp3) is 0.0769. The van der Waals surface area contributed by atoms with Crippen molar-refractivity contribution in [3.05, 3.63) is 66.2 Å². The quantitative estimate of drug-likeness (QED) is 0.0360. The number of nitrogen functional groups attached to an aromatic ring is 1. The first-order valence-electron chi connectivity index (χ1n) is 11.6. The minimum Gasteiger partial charge on any atom is -0.691 e. The number of anilines is 1. The molecule has 0 saturated heterocycles. The minimum absolute atomic E-state index is 0. The molecule has 0 aromatic heterocycles. The molecule has 19 heteroatoms. The van der Waals surface area contributed by atoms with Crippen molar-refractivity contribution in [3.63, 3.8) is 0 Å². The number of fused-ring (bicyclic) bond motifs is 1. The molecule has 45 heavy (non-hydrogen) atoms. The van der Waals surface area contributed by atoms with Crippen molar-refractivity contribution in [2.75, 3.05) is 19.5 Å². The summed E-state index contributed by atoms with van der Waals surface area (Å²) in [5.74, 6) is -3.23. The van der Waals surface area contributed by atoms with E-state index in [1.54, 1.807) is 18.2 Å². The number of phenolic OH excluding ortho intramolecular Hbond substituents is 1. The fourth-order valence-electron chi connectivity index (χ4n) is 3.56. The maximum absolute atomic E-state index is 11.1. The first kappa shape index (κ1) is 40.7. The van der Waals surface area contributed by atoms with E-state index in [4.69, 9.17) is 15.2 Å². The molecule has 216 valence electrons. The van der Waals surface area contributed by atoms with Gasteiger partial charge in [-0.1, -0.05) is 18.2 Å². The summed E-state index contributed by atoms with van der Waals surface area (Å²) in [6, 6.07) is 14.3. The van der Waals surface area contributed by atoms with Crippen LogP contribution in [0.15, 0.2) is 86.0 Å².